The highest BCUT2D eigenvalue weighted by atomic mass is 16.1. The fourth-order valence-electron chi connectivity index (χ4n) is 2.73. The van der Waals surface area contributed by atoms with Crippen LogP contribution < -0.4 is 5.32 Å². The number of nitrogens with one attached hydrogen (secondary N) is 1. The third kappa shape index (κ3) is 3.75. The van der Waals surface area contributed by atoms with Crippen molar-refractivity contribution < 1.29 is 4.79 Å². The molecule has 2 aromatic heterocycles. The highest BCUT2D eigenvalue weighted by Gasteiger charge is 2.18. The molecule has 6 heteroatoms. The van der Waals surface area contributed by atoms with Gasteiger partial charge in [-0.3, -0.25) is 10.1 Å². The topological polar surface area (TPSA) is 72.7 Å². The summed E-state index contributed by atoms with van der Waals surface area (Å²) in [5.74, 6) is 1.31. The Hall–Kier alpha value is -2.24. The zero-order chi connectivity index (χ0) is 16.4. The number of carbonyl (C=O) groups excluding carboxylic acids is 1. The van der Waals surface area contributed by atoms with E-state index in [4.69, 9.17) is 0 Å². The average Bonchev–Trinajstić information content (AvgIpc) is 2.88. The second-order valence-electron chi connectivity index (χ2n) is 7.04. The third-order valence-corrected chi connectivity index (χ3v) is 3.98. The fraction of sp³-hybridized carbons (Fsp3) is 0.529. The number of nitrogens with zero attached hydrogens (tertiary/aromatic N) is 4. The SMILES string of the molecule is CC(C)(C)c1ccnc(NC(=O)Cc2cn3c(n2)CCCC3)n1. The number of aromatic nitrogens is 4. The van der Waals surface area contributed by atoms with Crippen molar-refractivity contribution in [1.82, 2.24) is 19.5 Å². The molecule has 1 aliphatic rings. The monoisotopic (exact) mass is 313 g/mol. The molecule has 0 atom stereocenters. The average molecular weight is 313 g/mol. The van der Waals surface area contributed by atoms with E-state index in [-0.39, 0.29) is 17.7 Å². The van der Waals surface area contributed by atoms with Crippen LogP contribution >= 0.6 is 0 Å². The largest absolute Gasteiger partial charge is 0.335 e. The van der Waals surface area contributed by atoms with Gasteiger partial charge in [-0.2, -0.15) is 0 Å². The predicted octanol–water partition coefficient (Wildman–Crippen LogP) is 2.49. The highest BCUT2D eigenvalue weighted by molar-refractivity contribution is 5.90. The Morgan fingerprint density at radius 3 is 2.87 bits per heavy atom. The summed E-state index contributed by atoms with van der Waals surface area (Å²) in [7, 11) is 0. The van der Waals surface area contributed by atoms with E-state index in [1.807, 2.05) is 12.3 Å². The second-order valence-corrected chi connectivity index (χ2v) is 7.04. The smallest absolute Gasteiger partial charge is 0.232 e. The maximum atomic E-state index is 12.2. The summed E-state index contributed by atoms with van der Waals surface area (Å²) in [6.45, 7) is 7.24. The van der Waals surface area contributed by atoms with Crippen LogP contribution in [-0.4, -0.2) is 25.4 Å². The van der Waals surface area contributed by atoms with Gasteiger partial charge in [0.1, 0.15) is 5.82 Å². The normalized spacial score (nSPS) is 14.4. The van der Waals surface area contributed by atoms with E-state index in [1.54, 1.807) is 6.20 Å². The lowest BCUT2D eigenvalue weighted by molar-refractivity contribution is -0.115. The molecule has 0 saturated heterocycles. The standard InChI is InChI=1S/C17H23N5O/c1-17(2,3)13-7-8-18-16(20-13)21-15(23)10-12-11-22-9-5-4-6-14(22)19-12/h7-8,11H,4-6,9-10H2,1-3H3,(H,18,20,21,23). The summed E-state index contributed by atoms with van der Waals surface area (Å²) in [6, 6.07) is 1.87. The Balaban J connectivity index is 1.66. The Bertz CT molecular complexity index is 691. The van der Waals surface area contributed by atoms with Gasteiger partial charge >= 0.3 is 0 Å². The molecule has 0 aliphatic carbocycles. The number of amides is 1. The van der Waals surface area contributed by atoms with Gasteiger partial charge in [-0.15, -0.1) is 0 Å². The lowest BCUT2D eigenvalue weighted by Gasteiger charge is -2.17. The maximum Gasteiger partial charge on any atom is 0.232 e. The van der Waals surface area contributed by atoms with E-state index in [9.17, 15) is 4.79 Å². The van der Waals surface area contributed by atoms with Crippen LogP contribution in [0.2, 0.25) is 0 Å². The molecule has 3 rings (SSSR count). The molecule has 0 unspecified atom stereocenters. The van der Waals surface area contributed by atoms with Gasteiger partial charge in [0.15, 0.2) is 0 Å². The molecule has 122 valence electrons. The molecule has 0 aromatic carbocycles. The maximum absolute atomic E-state index is 12.2. The zero-order valence-electron chi connectivity index (χ0n) is 14.0. The number of hydrogen-bond acceptors (Lipinski definition) is 4. The summed E-state index contributed by atoms with van der Waals surface area (Å²) in [6.07, 6.45) is 7.28. The Kier molecular flexibility index (Phi) is 4.15. The summed E-state index contributed by atoms with van der Waals surface area (Å²) < 4.78 is 2.16. The van der Waals surface area contributed by atoms with E-state index in [0.29, 0.717) is 5.95 Å². The van der Waals surface area contributed by atoms with Crippen LogP contribution in [0.5, 0.6) is 0 Å². The number of aryl methyl sites for hydroxylation is 2. The first kappa shape index (κ1) is 15.6. The van der Waals surface area contributed by atoms with Crippen LogP contribution in [0.25, 0.3) is 0 Å². The van der Waals surface area contributed by atoms with Crippen molar-refractivity contribution in [3.05, 3.63) is 35.7 Å². The predicted molar refractivity (Wildman–Crippen MR) is 88.2 cm³/mol. The van der Waals surface area contributed by atoms with Gasteiger partial charge in [0.25, 0.3) is 0 Å². The molecule has 23 heavy (non-hydrogen) atoms. The number of carbonyl (C=O) groups is 1. The van der Waals surface area contributed by atoms with Crippen molar-refractivity contribution in [2.45, 2.75) is 58.4 Å². The molecular formula is C17H23N5O. The van der Waals surface area contributed by atoms with Gasteiger partial charge in [-0.05, 0) is 18.9 Å². The second kappa shape index (κ2) is 6.10. The van der Waals surface area contributed by atoms with Gasteiger partial charge in [0.2, 0.25) is 11.9 Å². The van der Waals surface area contributed by atoms with Crippen molar-refractivity contribution in [2.24, 2.45) is 0 Å². The quantitative estimate of drug-likeness (QED) is 0.945. The molecule has 1 aliphatic heterocycles. The molecule has 0 bridgehead atoms. The number of fused-ring (bicyclic) bond motifs is 1. The zero-order valence-corrected chi connectivity index (χ0v) is 14.0. The number of anilines is 1. The van der Waals surface area contributed by atoms with E-state index < -0.39 is 0 Å². The number of hydrogen-bond donors (Lipinski definition) is 1. The number of imidazole rings is 1. The van der Waals surface area contributed by atoms with Crippen LogP contribution in [0.1, 0.15) is 50.8 Å². The molecule has 0 saturated carbocycles. The van der Waals surface area contributed by atoms with E-state index in [0.717, 1.165) is 30.2 Å². The molecule has 0 fully saturated rings. The Morgan fingerprint density at radius 1 is 1.30 bits per heavy atom. The van der Waals surface area contributed by atoms with E-state index >= 15 is 0 Å². The Morgan fingerprint density at radius 2 is 2.13 bits per heavy atom. The highest BCUT2D eigenvalue weighted by Crippen LogP contribution is 2.20. The van der Waals surface area contributed by atoms with Crippen LogP contribution in [0.4, 0.5) is 5.95 Å². The van der Waals surface area contributed by atoms with Crippen molar-refractivity contribution in [3.8, 4) is 0 Å². The van der Waals surface area contributed by atoms with Crippen LogP contribution in [0.15, 0.2) is 18.5 Å². The lowest BCUT2D eigenvalue weighted by Crippen LogP contribution is -2.19. The van der Waals surface area contributed by atoms with Crippen LogP contribution in [-0.2, 0) is 29.6 Å². The minimum Gasteiger partial charge on any atom is -0.335 e. The van der Waals surface area contributed by atoms with E-state index in [2.05, 4.69) is 45.6 Å². The molecule has 3 heterocycles. The van der Waals surface area contributed by atoms with Crippen molar-refractivity contribution >= 4 is 11.9 Å². The first-order valence-electron chi connectivity index (χ1n) is 8.10. The summed E-state index contributed by atoms with van der Waals surface area (Å²) >= 11 is 0. The molecule has 0 radical (unpaired) electrons. The third-order valence-electron chi connectivity index (χ3n) is 3.98. The molecule has 6 nitrogen and oxygen atoms in total. The van der Waals surface area contributed by atoms with Gasteiger partial charge < -0.3 is 4.57 Å². The molecular weight excluding hydrogens is 290 g/mol. The van der Waals surface area contributed by atoms with Gasteiger partial charge in [0, 0.05) is 30.8 Å². The first-order chi connectivity index (χ1) is 10.9. The minimum atomic E-state index is -0.133. The van der Waals surface area contributed by atoms with Crippen LogP contribution in [0.3, 0.4) is 0 Å². The summed E-state index contributed by atoms with van der Waals surface area (Å²) in [5.41, 5.74) is 1.64. The fourth-order valence-corrected chi connectivity index (χ4v) is 2.73. The minimum absolute atomic E-state index is 0.0780. The van der Waals surface area contributed by atoms with Crippen molar-refractivity contribution in [2.75, 3.05) is 5.32 Å². The molecule has 2 aromatic rings. The van der Waals surface area contributed by atoms with Crippen molar-refractivity contribution in [3.63, 3.8) is 0 Å². The summed E-state index contributed by atoms with van der Waals surface area (Å²) in [5, 5.41) is 2.77. The van der Waals surface area contributed by atoms with Gasteiger partial charge in [-0.25, -0.2) is 15.0 Å². The Labute approximate surface area is 136 Å². The molecule has 1 N–H and O–H groups in total. The summed E-state index contributed by atoms with van der Waals surface area (Å²) in [4.78, 5) is 25.3. The van der Waals surface area contributed by atoms with Gasteiger partial charge in [-0.1, -0.05) is 20.8 Å². The van der Waals surface area contributed by atoms with Gasteiger partial charge in [0.05, 0.1) is 17.8 Å². The lowest BCUT2D eigenvalue weighted by atomic mass is 9.92. The van der Waals surface area contributed by atoms with Crippen LogP contribution in [0, 0.1) is 0 Å². The first-order valence-corrected chi connectivity index (χ1v) is 8.10. The van der Waals surface area contributed by atoms with E-state index in [1.165, 1.54) is 12.8 Å². The van der Waals surface area contributed by atoms with Crippen molar-refractivity contribution in [1.29, 1.82) is 0 Å². The molecule has 1 amide bonds. The number of rotatable bonds is 3. The molecule has 0 spiro atoms.